The van der Waals surface area contributed by atoms with Crippen LogP contribution >= 0.6 is 0 Å². The fraction of sp³-hybridized carbons (Fsp3) is 0.357. The highest BCUT2D eigenvalue weighted by Crippen LogP contribution is 2.26. The van der Waals surface area contributed by atoms with E-state index in [0.717, 1.165) is 36.5 Å². The number of aryl methyl sites for hydroxylation is 1. The van der Waals surface area contributed by atoms with Gasteiger partial charge >= 0.3 is 0 Å². The van der Waals surface area contributed by atoms with Crippen molar-refractivity contribution in [2.75, 3.05) is 0 Å². The largest absolute Gasteiger partial charge is 0.328 e. The third kappa shape index (κ3) is 1.82. The van der Waals surface area contributed by atoms with Gasteiger partial charge in [0, 0.05) is 30.3 Å². The van der Waals surface area contributed by atoms with Gasteiger partial charge < -0.3 is 10.3 Å². The second-order valence-corrected chi connectivity index (χ2v) is 4.88. The minimum Gasteiger partial charge on any atom is -0.328 e. The van der Waals surface area contributed by atoms with Gasteiger partial charge in [0.25, 0.3) is 0 Å². The highest BCUT2D eigenvalue weighted by atomic mass is 19.1. The first-order valence-corrected chi connectivity index (χ1v) is 6.22. The zero-order valence-corrected chi connectivity index (χ0v) is 10.4. The molecule has 0 spiro atoms. The summed E-state index contributed by atoms with van der Waals surface area (Å²) >= 11 is 0. The fourth-order valence-electron chi connectivity index (χ4n) is 2.57. The molecule has 0 saturated carbocycles. The number of hydrogen-bond donors (Lipinski definition) is 1. The Balaban J connectivity index is 2.08. The minimum atomic E-state index is -0.220. The zero-order valence-electron chi connectivity index (χ0n) is 10.4. The third-order valence-corrected chi connectivity index (χ3v) is 3.55. The van der Waals surface area contributed by atoms with Crippen LogP contribution in [0, 0.1) is 12.7 Å². The molecule has 0 bridgehead atoms. The van der Waals surface area contributed by atoms with Crippen molar-refractivity contribution in [3.63, 3.8) is 0 Å². The van der Waals surface area contributed by atoms with E-state index in [-0.39, 0.29) is 11.9 Å². The van der Waals surface area contributed by atoms with Gasteiger partial charge in [-0.05, 0) is 37.6 Å². The van der Waals surface area contributed by atoms with Crippen LogP contribution in [-0.2, 0) is 13.0 Å². The highest BCUT2D eigenvalue weighted by Gasteiger charge is 2.22. The Labute approximate surface area is 105 Å². The van der Waals surface area contributed by atoms with Gasteiger partial charge in [0.05, 0.1) is 5.69 Å². The van der Waals surface area contributed by atoms with Gasteiger partial charge in [-0.3, -0.25) is 0 Å². The predicted molar refractivity (Wildman–Crippen MR) is 68.7 cm³/mol. The summed E-state index contributed by atoms with van der Waals surface area (Å²) in [6.07, 6.45) is 1.84. The molecule has 0 fully saturated rings. The van der Waals surface area contributed by atoms with Gasteiger partial charge in [0.15, 0.2) is 0 Å². The molecule has 4 heteroatoms. The lowest BCUT2D eigenvalue weighted by molar-refractivity contribution is 0.473. The highest BCUT2D eigenvalue weighted by molar-refractivity contribution is 5.57. The Hall–Kier alpha value is -1.68. The van der Waals surface area contributed by atoms with Crippen LogP contribution in [0.4, 0.5) is 4.39 Å². The summed E-state index contributed by atoms with van der Waals surface area (Å²) in [5.41, 5.74) is 9.20. The van der Waals surface area contributed by atoms with E-state index in [1.165, 1.54) is 17.8 Å². The van der Waals surface area contributed by atoms with Crippen molar-refractivity contribution in [3.8, 4) is 11.4 Å². The lowest BCUT2D eigenvalue weighted by Gasteiger charge is -2.22. The first-order valence-electron chi connectivity index (χ1n) is 6.22. The summed E-state index contributed by atoms with van der Waals surface area (Å²) in [7, 11) is 0. The molecule has 0 aliphatic carbocycles. The summed E-state index contributed by atoms with van der Waals surface area (Å²) in [4.78, 5) is 4.61. The number of fused-ring (bicyclic) bond motifs is 1. The molecule has 94 valence electrons. The average molecular weight is 245 g/mol. The van der Waals surface area contributed by atoms with E-state index >= 15 is 0 Å². The molecule has 2 heterocycles. The monoisotopic (exact) mass is 245 g/mol. The second-order valence-electron chi connectivity index (χ2n) is 4.88. The number of rotatable bonds is 1. The minimum absolute atomic E-state index is 0.220. The van der Waals surface area contributed by atoms with Gasteiger partial charge in [0.1, 0.15) is 11.6 Å². The molecule has 1 aliphatic heterocycles. The van der Waals surface area contributed by atoms with Crippen LogP contribution in [0.3, 0.4) is 0 Å². The van der Waals surface area contributed by atoms with Crippen LogP contribution in [-0.4, -0.2) is 15.6 Å². The molecule has 18 heavy (non-hydrogen) atoms. The normalized spacial score (nSPS) is 18.7. The maximum Gasteiger partial charge on any atom is 0.140 e. The molecule has 0 saturated heterocycles. The molecule has 2 aromatic rings. The molecule has 1 atom stereocenters. The van der Waals surface area contributed by atoms with Gasteiger partial charge in [-0.15, -0.1) is 0 Å². The van der Waals surface area contributed by atoms with Crippen molar-refractivity contribution in [1.82, 2.24) is 9.55 Å². The molecule has 3 nitrogen and oxygen atoms in total. The van der Waals surface area contributed by atoms with Crippen LogP contribution in [0.2, 0.25) is 0 Å². The average Bonchev–Trinajstić information content (AvgIpc) is 2.68. The fourth-order valence-corrected chi connectivity index (χ4v) is 2.57. The molecule has 1 unspecified atom stereocenters. The summed E-state index contributed by atoms with van der Waals surface area (Å²) in [5, 5.41) is 0. The van der Waals surface area contributed by atoms with Crippen molar-refractivity contribution >= 4 is 0 Å². The molecule has 3 rings (SSSR count). The molecule has 1 aliphatic rings. The van der Waals surface area contributed by atoms with E-state index in [1.807, 2.05) is 6.92 Å². The first-order chi connectivity index (χ1) is 8.65. The van der Waals surface area contributed by atoms with E-state index < -0.39 is 0 Å². The SMILES string of the molecule is Cc1nc(-c2ccc(F)cc2)n2c1CC(N)CC2. The molecule has 0 amide bonds. The standard InChI is InChI=1S/C14H16FN3/c1-9-13-8-12(16)6-7-18(13)14(17-9)10-2-4-11(15)5-3-10/h2-5,12H,6-8,16H2,1H3. The van der Waals surface area contributed by atoms with E-state index in [1.54, 1.807) is 12.1 Å². The number of nitrogens with zero attached hydrogens (tertiary/aromatic N) is 2. The molecule has 1 aromatic carbocycles. The number of halogens is 1. The lowest BCUT2D eigenvalue weighted by Crippen LogP contribution is -2.31. The van der Waals surface area contributed by atoms with Crippen molar-refractivity contribution in [2.24, 2.45) is 5.73 Å². The smallest absolute Gasteiger partial charge is 0.140 e. The summed E-state index contributed by atoms with van der Waals surface area (Å²) < 4.78 is 15.2. The number of imidazole rings is 1. The zero-order chi connectivity index (χ0) is 12.7. The topological polar surface area (TPSA) is 43.8 Å². The lowest BCUT2D eigenvalue weighted by atomic mass is 10.0. The third-order valence-electron chi connectivity index (χ3n) is 3.55. The Kier molecular flexibility index (Phi) is 2.67. The Morgan fingerprint density at radius 1 is 1.33 bits per heavy atom. The van der Waals surface area contributed by atoms with Crippen molar-refractivity contribution < 1.29 is 4.39 Å². The second kappa shape index (κ2) is 4.21. The maximum absolute atomic E-state index is 13.0. The maximum atomic E-state index is 13.0. The van der Waals surface area contributed by atoms with Gasteiger partial charge in [-0.1, -0.05) is 0 Å². The van der Waals surface area contributed by atoms with E-state index in [2.05, 4.69) is 9.55 Å². The van der Waals surface area contributed by atoms with Crippen LogP contribution in [0.1, 0.15) is 17.8 Å². The molecule has 1 aromatic heterocycles. The first kappa shape index (κ1) is 11.4. The molecular formula is C14H16FN3. The van der Waals surface area contributed by atoms with Gasteiger partial charge in [0.2, 0.25) is 0 Å². The molecule has 0 radical (unpaired) electrons. The molecule has 2 N–H and O–H groups in total. The number of benzene rings is 1. The van der Waals surface area contributed by atoms with E-state index in [0.29, 0.717) is 0 Å². The quantitative estimate of drug-likeness (QED) is 0.837. The van der Waals surface area contributed by atoms with E-state index in [4.69, 9.17) is 5.73 Å². The van der Waals surface area contributed by atoms with Crippen LogP contribution in [0.5, 0.6) is 0 Å². The Morgan fingerprint density at radius 2 is 2.06 bits per heavy atom. The van der Waals surface area contributed by atoms with Crippen LogP contribution in [0.15, 0.2) is 24.3 Å². The van der Waals surface area contributed by atoms with E-state index in [9.17, 15) is 4.39 Å². The van der Waals surface area contributed by atoms with Gasteiger partial charge in [-0.2, -0.15) is 0 Å². The van der Waals surface area contributed by atoms with Crippen LogP contribution < -0.4 is 5.73 Å². The van der Waals surface area contributed by atoms with Crippen molar-refractivity contribution in [1.29, 1.82) is 0 Å². The number of nitrogens with two attached hydrogens (primary N) is 1. The number of hydrogen-bond acceptors (Lipinski definition) is 2. The van der Waals surface area contributed by atoms with Gasteiger partial charge in [-0.25, -0.2) is 9.37 Å². The van der Waals surface area contributed by atoms with Crippen molar-refractivity contribution in [3.05, 3.63) is 41.5 Å². The summed E-state index contributed by atoms with van der Waals surface area (Å²) in [5.74, 6) is 0.706. The van der Waals surface area contributed by atoms with Crippen LogP contribution in [0.25, 0.3) is 11.4 Å². The summed E-state index contributed by atoms with van der Waals surface area (Å²) in [6, 6.07) is 6.73. The summed E-state index contributed by atoms with van der Waals surface area (Å²) in [6.45, 7) is 2.90. The Morgan fingerprint density at radius 3 is 2.78 bits per heavy atom. The Bertz CT molecular complexity index is 571. The predicted octanol–water partition coefficient (Wildman–Crippen LogP) is 2.27. The molecular weight excluding hydrogens is 229 g/mol. The number of aromatic nitrogens is 2. The van der Waals surface area contributed by atoms with Crippen molar-refractivity contribution in [2.45, 2.75) is 32.4 Å².